The first-order valence-electron chi connectivity index (χ1n) is 9.88. The Hall–Kier alpha value is -2.40. The van der Waals surface area contributed by atoms with Crippen LogP contribution in [0.3, 0.4) is 0 Å². The van der Waals surface area contributed by atoms with Gasteiger partial charge in [-0.1, -0.05) is 42.8 Å². The Kier molecular flexibility index (Phi) is 7.22. The normalized spacial score (nSPS) is 17.4. The van der Waals surface area contributed by atoms with E-state index in [2.05, 4.69) is 34.4 Å². The van der Waals surface area contributed by atoms with Gasteiger partial charge in [-0.25, -0.2) is 4.79 Å². The van der Waals surface area contributed by atoms with E-state index in [0.717, 1.165) is 24.9 Å². The number of carbonyl (C=O) groups excluding carboxylic acids is 1. The van der Waals surface area contributed by atoms with E-state index < -0.39 is 0 Å². The minimum Gasteiger partial charge on any atom is -0.336 e. The number of likely N-dealkylation sites (tertiary alicyclic amines) is 1. The number of nitrogens with zero attached hydrogens (tertiary/aromatic N) is 3. The van der Waals surface area contributed by atoms with Gasteiger partial charge in [-0.05, 0) is 50.0 Å². The van der Waals surface area contributed by atoms with Gasteiger partial charge in [0.05, 0.1) is 0 Å². The zero-order valence-electron chi connectivity index (χ0n) is 16.2. The quantitative estimate of drug-likeness (QED) is 0.818. The molecular formula is C22H30N4O. The molecule has 0 radical (unpaired) electrons. The van der Waals surface area contributed by atoms with Gasteiger partial charge in [0.1, 0.15) is 0 Å². The lowest BCUT2D eigenvalue weighted by Gasteiger charge is -2.33. The van der Waals surface area contributed by atoms with E-state index in [1.54, 1.807) is 6.20 Å². The van der Waals surface area contributed by atoms with Gasteiger partial charge < -0.3 is 15.1 Å². The predicted molar refractivity (Wildman–Crippen MR) is 108 cm³/mol. The van der Waals surface area contributed by atoms with E-state index >= 15 is 0 Å². The van der Waals surface area contributed by atoms with Crippen LogP contribution in [0.25, 0.3) is 0 Å². The Bertz CT molecular complexity index is 692. The Labute approximate surface area is 162 Å². The van der Waals surface area contributed by atoms with E-state index in [0.29, 0.717) is 25.7 Å². The summed E-state index contributed by atoms with van der Waals surface area (Å²) in [6.45, 7) is 3.09. The third-order valence-electron chi connectivity index (χ3n) is 5.31. The molecule has 0 saturated carbocycles. The highest BCUT2D eigenvalue weighted by atomic mass is 16.2. The highest BCUT2D eigenvalue weighted by molar-refractivity contribution is 5.74. The van der Waals surface area contributed by atoms with Crippen LogP contribution in [0.4, 0.5) is 4.79 Å². The smallest absolute Gasteiger partial charge is 0.317 e. The number of hydrogen-bond acceptors (Lipinski definition) is 3. The molecule has 0 aliphatic carbocycles. The molecule has 2 heterocycles. The molecule has 1 aromatic heterocycles. The topological polar surface area (TPSA) is 48.5 Å². The van der Waals surface area contributed by atoms with Gasteiger partial charge in [-0.15, -0.1) is 0 Å². The summed E-state index contributed by atoms with van der Waals surface area (Å²) in [4.78, 5) is 21.3. The summed E-state index contributed by atoms with van der Waals surface area (Å²) in [5.41, 5.74) is 2.30. The van der Waals surface area contributed by atoms with Crippen molar-refractivity contribution in [1.82, 2.24) is 20.1 Å². The van der Waals surface area contributed by atoms with Crippen LogP contribution in [0.5, 0.6) is 0 Å². The van der Waals surface area contributed by atoms with Crippen LogP contribution < -0.4 is 5.32 Å². The third-order valence-corrected chi connectivity index (χ3v) is 5.31. The Balaban J connectivity index is 1.59. The van der Waals surface area contributed by atoms with E-state index in [1.807, 2.05) is 41.4 Å². The Morgan fingerprint density at radius 3 is 2.74 bits per heavy atom. The van der Waals surface area contributed by atoms with Crippen molar-refractivity contribution in [2.24, 2.45) is 0 Å². The summed E-state index contributed by atoms with van der Waals surface area (Å²) in [5, 5.41) is 3.16. The average Bonchev–Trinajstić information content (AvgIpc) is 2.72. The molecule has 2 aromatic rings. The maximum absolute atomic E-state index is 12.9. The highest BCUT2D eigenvalue weighted by Crippen LogP contribution is 2.14. The number of pyridine rings is 1. The fourth-order valence-corrected chi connectivity index (χ4v) is 3.59. The zero-order valence-corrected chi connectivity index (χ0v) is 16.2. The van der Waals surface area contributed by atoms with Gasteiger partial charge >= 0.3 is 6.03 Å². The maximum Gasteiger partial charge on any atom is 0.317 e. The van der Waals surface area contributed by atoms with Crippen LogP contribution in [0.2, 0.25) is 0 Å². The second kappa shape index (κ2) is 10.1. The van der Waals surface area contributed by atoms with Crippen molar-refractivity contribution in [2.75, 3.05) is 26.7 Å². The number of piperidine rings is 1. The molecule has 144 valence electrons. The fourth-order valence-electron chi connectivity index (χ4n) is 3.59. The van der Waals surface area contributed by atoms with Crippen LogP contribution in [-0.2, 0) is 13.0 Å². The highest BCUT2D eigenvalue weighted by Gasteiger charge is 2.21. The lowest BCUT2D eigenvalue weighted by atomic mass is 10.0. The molecule has 27 heavy (non-hydrogen) atoms. The summed E-state index contributed by atoms with van der Waals surface area (Å²) in [7, 11) is 2.15. The van der Waals surface area contributed by atoms with Crippen molar-refractivity contribution in [3.05, 3.63) is 66.0 Å². The average molecular weight is 367 g/mol. The first kappa shape index (κ1) is 19.4. The Morgan fingerprint density at radius 2 is 2.00 bits per heavy atom. The zero-order chi connectivity index (χ0) is 18.9. The second-order valence-electron chi connectivity index (χ2n) is 7.33. The van der Waals surface area contributed by atoms with E-state index in [-0.39, 0.29) is 6.03 Å². The molecule has 0 bridgehead atoms. The molecule has 2 amide bonds. The molecule has 3 rings (SSSR count). The molecule has 1 atom stereocenters. The summed E-state index contributed by atoms with van der Waals surface area (Å²) < 4.78 is 0. The largest absolute Gasteiger partial charge is 0.336 e. The summed E-state index contributed by atoms with van der Waals surface area (Å²) in [6.07, 6.45) is 8.10. The van der Waals surface area contributed by atoms with Crippen LogP contribution >= 0.6 is 0 Å². The number of carbonyl (C=O) groups is 1. The van der Waals surface area contributed by atoms with Gasteiger partial charge in [0.25, 0.3) is 0 Å². The van der Waals surface area contributed by atoms with Gasteiger partial charge in [0, 0.05) is 38.1 Å². The number of amides is 2. The molecule has 0 spiro atoms. The monoisotopic (exact) mass is 366 g/mol. The van der Waals surface area contributed by atoms with E-state index in [4.69, 9.17) is 0 Å². The van der Waals surface area contributed by atoms with Gasteiger partial charge in [0.2, 0.25) is 0 Å². The molecule has 0 unspecified atom stereocenters. The lowest BCUT2D eigenvalue weighted by molar-refractivity contribution is 0.167. The number of hydrogen-bond donors (Lipinski definition) is 1. The van der Waals surface area contributed by atoms with Crippen molar-refractivity contribution < 1.29 is 4.79 Å². The number of urea groups is 1. The summed E-state index contributed by atoms with van der Waals surface area (Å²) in [5.74, 6) is 0. The summed E-state index contributed by atoms with van der Waals surface area (Å²) >= 11 is 0. The van der Waals surface area contributed by atoms with Gasteiger partial charge in [-0.3, -0.25) is 4.98 Å². The van der Waals surface area contributed by atoms with Crippen molar-refractivity contribution in [3.63, 3.8) is 0 Å². The van der Waals surface area contributed by atoms with Crippen molar-refractivity contribution >= 4 is 6.03 Å². The van der Waals surface area contributed by atoms with Crippen LogP contribution in [-0.4, -0.2) is 53.5 Å². The number of nitrogens with one attached hydrogen (secondary N) is 1. The molecule has 1 saturated heterocycles. The summed E-state index contributed by atoms with van der Waals surface area (Å²) in [6, 6.07) is 14.7. The first-order chi connectivity index (χ1) is 13.2. The number of rotatable bonds is 7. The molecule has 5 nitrogen and oxygen atoms in total. The molecular weight excluding hydrogens is 336 g/mol. The first-order valence-corrected chi connectivity index (χ1v) is 9.88. The molecule has 1 fully saturated rings. The van der Waals surface area contributed by atoms with Crippen LogP contribution in [0.1, 0.15) is 30.4 Å². The number of benzene rings is 1. The standard InChI is InChI=1S/C22H30N4O/c1-25-14-6-5-11-21(25)17-24-22(27)26(18-20-10-7-13-23-16-20)15-12-19-8-3-2-4-9-19/h2-4,7-10,13,16,21H,5-6,11-12,14-15,17-18H2,1H3,(H,24,27)/t21-/m1/s1. The SMILES string of the molecule is CN1CCCC[C@@H]1CNC(=O)N(CCc1ccccc1)Cc1cccnc1. The van der Waals surface area contributed by atoms with E-state index in [9.17, 15) is 4.79 Å². The molecule has 1 aromatic carbocycles. The predicted octanol–water partition coefficient (Wildman–Crippen LogP) is 3.32. The minimum absolute atomic E-state index is 0.00811. The Morgan fingerprint density at radius 1 is 1.19 bits per heavy atom. The fraction of sp³-hybridized carbons (Fsp3) is 0.455. The van der Waals surface area contributed by atoms with Gasteiger partial charge in [0.15, 0.2) is 0 Å². The lowest BCUT2D eigenvalue weighted by Crippen LogP contribution is -2.48. The molecule has 5 heteroatoms. The molecule has 1 N–H and O–H groups in total. The third kappa shape index (κ3) is 6.07. The van der Waals surface area contributed by atoms with Crippen LogP contribution in [0, 0.1) is 0 Å². The van der Waals surface area contributed by atoms with Crippen molar-refractivity contribution in [1.29, 1.82) is 0 Å². The second-order valence-corrected chi connectivity index (χ2v) is 7.33. The molecule has 1 aliphatic rings. The number of likely N-dealkylation sites (N-methyl/N-ethyl adjacent to an activating group) is 1. The van der Waals surface area contributed by atoms with Gasteiger partial charge in [-0.2, -0.15) is 0 Å². The number of aromatic nitrogens is 1. The minimum atomic E-state index is 0.00811. The van der Waals surface area contributed by atoms with Crippen LogP contribution in [0.15, 0.2) is 54.9 Å². The maximum atomic E-state index is 12.9. The molecule has 1 aliphatic heterocycles. The van der Waals surface area contributed by atoms with Crippen molar-refractivity contribution in [2.45, 2.75) is 38.3 Å². The van der Waals surface area contributed by atoms with Crippen molar-refractivity contribution in [3.8, 4) is 0 Å². The van der Waals surface area contributed by atoms with E-state index in [1.165, 1.54) is 18.4 Å².